The second-order valence-electron chi connectivity index (χ2n) is 7.80. The zero-order valence-electron chi connectivity index (χ0n) is 19.1. The Kier molecular flexibility index (Phi) is 6.52. The summed E-state index contributed by atoms with van der Waals surface area (Å²) in [5.41, 5.74) is 4.16. The number of pyridine rings is 1. The van der Waals surface area contributed by atoms with Crippen LogP contribution in [-0.4, -0.2) is 38.8 Å². The minimum atomic E-state index is -0.459. The molecule has 0 aliphatic heterocycles. The zero-order chi connectivity index (χ0) is 24.4. The van der Waals surface area contributed by atoms with E-state index in [1.165, 1.54) is 23.1 Å². The molecule has 35 heavy (non-hydrogen) atoms. The molecule has 3 heterocycles. The number of aryl methyl sites for hydroxylation is 1. The Morgan fingerprint density at radius 3 is 2.63 bits per heavy atom. The van der Waals surface area contributed by atoms with Crippen molar-refractivity contribution in [3.05, 3.63) is 77.9 Å². The fourth-order valence-electron chi connectivity index (χ4n) is 3.85. The number of carbonyl (C=O) groups is 2. The molecule has 5 aromatic rings. The number of rotatable bonds is 7. The Hall–Kier alpha value is -3.69. The Balaban J connectivity index is 1.38. The summed E-state index contributed by atoms with van der Waals surface area (Å²) in [5.74, 6) is -0.585. The Labute approximate surface area is 210 Å². The molecule has 0 spiro atoms. The molecule has 0 aliphatic rings. The first-order valence-electron chi connectivity index (χ1n) is 11.1. The monoisotopic (exact) mass is 502 g/mol. The summed E-state index contributed by atoms with van der Waals surface area (Å²) in [5, 5.41) is 13.7. The molecule has 176 valence electrons. The van der Waals surface area contributed by atoms with Gasteiger partial charge in [0, 0.05) is 10.3 Å². The van der Waals surface area contributed by atoms with Gasteiger partial charge in [0.05, 0.1) is 23.4 Å². The van der Waals surface area contributed by atoms with Gasteiger partial charge in [0.1, 0.15) is 5.00 Å². The van der Waals surface area contributed by atoms with Gasteiger partial charge in [-0.05, 0) is 43.2 Å². The Morgan fingerprint density at radius 2 is 1.83 bits per heavy atom. The van der Waals surface area contributed by atoms with Crippen molar-refractivity contribution in [2.75, 3.05) is 17.7 Å². The lowest BCUT2D eigenvalue weighted by atomic mass is 10.1. The Bertz CT molecular complexity index is 1540. The van der Waals surface area contributed by atoms with Gasteiger partial charge in [-0.15, -0.1) is 21.5 Å². The lowest BCUT2D eigenvalue weighted by Gasteiger charge is -2.08. The predicted molar refractivity (Wildman–Crippen MR) is 140 cm³/mol. The standard InChI is InChI=1S/C26H22N4O3S2/c1-3-33-25(32)19-14-21(17-9-5-4-6-10-17)35-24(19)27-23(31)15-34-26-29-28-22-13-16(2)18-11-7-8-12-20(18)30(22)26/h4-14H,3,15H2,1-2H3,(H,27,31). The van der Waals surface area contributed by atoms with Crippen LogP contribution in [0.3, 0.4) is 0 Å². The highest BCUT2D eigenvalue weighted by atomic mass is 32.2. The van der Waals surface area contributed by atoms with Crippen LogP contribution in [0, 0.1) is 6.92 Å². The molecule has 7 nitrogen and oxygen atoms in total. The van der Waals surface area contributed by atoms with E-state index in [0.29, 0.717) is 15.7 Å². The van der Waals surface area contributed by atoms with Gasteiger partial charge in [0.2, 0.25) is 5.91 Å². The minimum Gasteiger partial charge on any atom is -0.462 e. The third-order valence-corrected chi connectivity index (χ3v) is 7.47. The maximum Gasteiger partial charge on any atom is 0.341 e. The number of aromatic nitrogens is 3. The van der Waals surface area contributed by atoms with E-state index in [2.05, 4.69) is 21.6 Å². The maximum absolute atomic E-state index is 12.9. The van der Waals surface area contributed by atoms with Gasteiger partial charge in [0.25, 0.3) is 0 Å². The summed E-state index contributed by atoms with van der Waals surface area (Å²) in [6.45, 7) is 4.06. The first-order valence-corrected chi connectivity index (χ1v) is 12.9. The van der Waals surface area contributed by atoms with E-state index in [1.807, 2.05) is 65.9 Å². The smallest absolute Gasteiger partial charge is 0.341 e. The van der Waals surface area contributed by atoms with Crippen LogP contribution in [0.2, 0.25) is 0 Å². The molecule has 0 unspecified atom stereocenters. The van der Waals surface area contributed by atoms with Crippen LogP contribution in [0.5, 0.6) is 0 Å². The highest BCUT2D eigenvalue weighted by Gasteiger charge is 2.20. The van der Waals surface area contributed by atoms with Gasteiger partial charge in [-0.2, -0.15) is 0 Å². The number of carbonyl (C=O) groups excluding carboxylic acids is 2. The number of ether oxygens (including phenoxy) is 1. The quantitative estimate of drug-likeness (QED) is 0.223. The molecule has 9 heteroatoms. The third-order valence-electron chi connectivity index (χ3n) is 5.44. The molecule has 1 amide bonds. The molecule has 3 aromatic heterocycles. The van der Waals surface area contributed by atoms with Crippen molar-refractivity contribution in [1.29, 1.82) is 0 Å². The first-order chi connectivity index (χ1) is 17.0. The fraction of sp³-hybridized carbons (Fsp3) is 0.154. The van der Waals surface area contributed by atoms with Crippen LogP contribution in [-0.2, 0) is 9.53 Å². The average Bonchev–Trinajstić information content (AvgIpc) is 3.48. The van der Waals surface area contributed by atoms with Gasteiger partial charge in [-0.1, -0.05) is 60.3 Å². The number of anilines is 1. The lowest BCUT2D eigenvalue weighted by Crippen LogP contribution is -2.16. The van der Waals surface area contributed by atoms with Crippen LogP contribution >= 0.6 is 23.1 Å². The van der Waals surface area contributed by atoms with E-state index in [4.69, 9.17) is 4.74 Å². The number of para-hydroxylation sites is 1. The number of hydrogen-bond acceptors (Lipinski definition) is 7. The molecule has 0 atom stereocenters. The van der Waals surface area contributed by atoms with Crippen LogP contribution < -0.4 is 5.32 Å². The highest BCUT2D eigenvalue weighted by Crippen LogP contribution is 2.36. The van der Waals surface area contributed by atoms with Gasteiger partial charge >= 0.3 is 5.97 Å². The van der Waals surface area contributed by atoms with Gasteiger partial charge in [-0.25, -0.2) is 4.79 Å². The summed E-state index contributed by atoms with van der Waals surface area (Å²) in [6, 6.07) is 21.5. The number of nitrogens with one attached hydrogen (secondary N) is 1. The summed E-state index contributed by atoms with van der Waals surface area (Å²) < 4.78 is 7.17. The van der Waals surface area contributed by atoms with Crippen LogP contribution in [0.15, 0.2) is 71.9 Å². The minimum absolute atomic E-state index is 0.115. The zero-order valence-corrected chi connectivity index (χ0v) is 20.8. The number of amides is 1. The average molecular weight is 503 g/mol. The lowest BCUT2D eigenvalue weighted by molar-refractivity contribution is -0.113. The topological polar surface area (TPSA) is 85.6 Å². The number of thioether (sulfide) groups is 1. The first kappa shape index (κ1) is 23.1. The van der Waals surface area contributed by atoms with E-state index in [1.54, 1.807) is 13.0 Å². The van der Waals surface area contributed by atoms with Crippen molar-refractivity contribution in [3.63, 3.8) is 0 Å². The van der Waals surface area contributed by atoms with E-state index < -0.39 is 5.97 Å². The highest BCUT2D eigenvalue weighted by molar-refractivity contribution is 7.99. The number of hydrogen-bond donors (Lipinski definition) is 1. The van der Waals surface area contributed by atoms with Crippen LogP contribution in [0.4, 0.5) is 5.00 Å². The van der Waals surface area contributed by atoms with E-state index in [0.717, 1.165) is 32.6 Å². The number of esters is 1. The molecule has 0 radical (unpaired) electrons. The second-order valence-corrected chi connectivity index (χ2v) is 9.79. The van der Waals surface area contributed by atoms with Gasteiger partial charge < -0.3 is 10.1 Å². The number of thiophene rings is 1. The number of fused-ring (bicyclic) bond motifs is 3. The summed E-state index contributed by atoms with van der Waals surface area (Å²) in [4.78, 5) is 26.3. The summed E-state index contributed by atoms with van der Waals surface area (Å²) in [7, 11) is 0. The number of benzene rings is 2. The molecule has 2 aromatic carbocycles. The second kappa shape index (κ2) is 9.89. The van der Waals surface area contributed by atoms with Crippen molar-refractivity contribution in [2.24, 2.45) is 0 Å². The SMILES string of the molecule is CCOC(=O)c1cc(-c2ccccc2)sc1NC(=O)CSc1nnc2cc(C)c3ccccc3n12. The van der Waals surface area contributed by atoms with Gasteiger partial charge in [-0.3, -0.25) is 9.20 Å². The fourth-order valence-corrected chi connectivity index (χ4v) is 5.67. The van der Waals surface area contributed by atoms with Crippen molar-refractivity contribution in [3.8, 4) is 10.4 Å². The van der Waals surface area contributed by atoms with E-state index in [-0.39, 0.29) is 18.3 Å². The molecule has 0 fully saturated rings. The van der Waals surface area contributed by atoms with Crippen LogP contribution in [0.1, 0.15) is 22.8 Å². The van der Waals surface area contributed by atoms with Crippen molar-refractivity contribution < 1.29 is 14.3 Å². The third kappa shape index (κ3) is 4.65. The van der Waals surface area contributed by atoms with Crippen LogP contribution in [0.25, 0.3) is 27.0 Å². The molecule has 5 rings (SSSR count). The largest absolute Gasteiger partial charge is 0.462 e. The van der Waals surface area contributed by atoms with Crippen molar-refractivity contribution in [2.45, 2.75) is 19.0 Å². The summed E-state index contributed by atoms with van der Waals surface area (Å²) >= 11 is 2.65. The maximum atomic E-state index is 12.9. The van der Waals surface area contributed by atoms with Gasteiger partial charge in [0.15, 0.2) is 10.8 Å². The van der Waals surface area contributed by atoms with E-state index in [9.17, 15) is 9.59 Å². The molecular weight excluding hydrogens is 480 g/mol. The molecule has 0 saturated carbocycles. The molecule has 0 bridgehead atoms. The molecular formula is C26H22N4O3S2. The summed E-state index contributed by atoms with van der Waals surface area (Å²) in [6.07, 6.45) is 0. The molecule has 1 N–H and O–H groups in total. The number of nitrogens with zero attached hydrogens (tertiary/aromatic N) is 3. The van der Waals surface area contributed by atoms with Crippen molar-refractivity contribution in [1.82, 2.24) is 14.6 Å². The molecule has 0 saturated heterocycles. The molecule has 0 aliphatic carbocycles. The van der Waals surface area contributed by atoms with Crippen molar-refractivity contribution >= 4 is 56.5 Å². The predicted octanol–water partition coefficient (Wildman–Crippen LogP) is 5.83. The van der Waals surface area contributed by atoms with E-state index >= 15 is 0 Å². The normalized spacial score (nSPS) is 11.1. The Morgan fingerprint density at radius 1 is 1.06 bits per heavy atom.